The molecule has 1 amide bonds. The molecule has 2 N–H and O–H groups in total. The summed E-state index contributed by atoms with van der Waals surface area (Å²) in [6.45, 7) is 4.50. The molecular formula is C23H27Cl2N3OS. The maximum absolute atomic E-state index is 13.4. The van der Waals surface area contributed by atoms with Gasteiger partial charge in [-0.25, -0.2) is 4.98 Å². The molecule has 2 heterocycles. The maximum atomic E-state index is 13.4. The number of thiazole rings is 1. The molecule has 0 bridgehead atoms. The van der Waals surface area contributed by atoms with Crippen molar-refractivity contribution in [3.63, 3.8) is 0 Å². The highest BCUT2D eigenvalue weighted by Crippen LogP contribution is 2.32. The van der Waals surface area contributed by atoms with Crippen molar-refractivity contribution in [3.8, 4) is 0 Å². The summed E-state index contributed by atoms with van der Waals surface area (Å²) in [5.41, 5.74) is 2.65. The van der Waals surface area contributed by atoms with Crippen LogP contribution in [-0.4, -0.2) is 30.5 Å². The van der Waals surface area contributed by atoms with Crippen LogP contribution in [0.3, 0.4) is 0 Å². The number of fused-ring (bicyclic) bond motifs is 1. The van der Waals surface area contributed by atoms with Gasteiger partial charge in [0, 0.05) is 19.5 Å². The van der Waals surface area contributed by atoms with Gasteiger partial charge in [0.15, 0.2) is 0 Å². The number of hydrogen-bond acceptors (Lipinski definition) is 4. The zero-order valence-electron chi connectivity index (χ0n) is 16.9. The summed E-state index contributed by atoms with van der Waals surface area (Å²) < 4.78 is 1.16. The molecule has 1 unspecified atom stereocenters. The molecule has 1 aromatic heterocycles. The van der Waals surface area contributed by atoms with E-state index < -0.39 is 5.41 Å². The predicted molar refractivity (Wildman–Crippen MR) is 130 cm³/mol. The first kappa shape index (κ1) is 24.4. The van der Waals surface area contributed by atoms with Gasteiger partial charge in [-0.05, 0) is 37.6 Å². The Balaban J connectivity index is 0.00000160. The second-order valence-corrected chi connectivity index (χ2v) is 8.56. The lowest BCUT2D eigenvalue weighted by Crippen LogP contribution is -2.45. The summed E-state index contributed by atoms with van der Waals surface area (Å²) in [5.74, 6) is 0.0531. The molecule has 7 heteroatoms. The van der Waals surface area contributed by atoms with Crippen LogP contribution in [0.2, 0.25) is 0 Å². The van der Waals surface area contributed by atoms with E-state index in [1.54, 1.807) is 11.3 Å². The minimum atomic E-state index is -0.664. The van der Waals surface area contributed by atoms with Crippen molar-refractivity contribution in [1.82, 2.24) is 15.6 Å². The average Bonchev–Trinajstić information content (AvgIpc) is 3.15. The third-order valence-corrected chi connectivity index (χ3v) is 6.43. The quantitative estimate of drug-likeness (QED) is 0.521. The minimum absolute atomic E-state index is 0. The third kappa shape index (κ3) is 5.41. The summed E-state index contributed by atoms with van der Waals surface area (Å²) >= 11 is 1.67. The van der Waals surface area contributed by atoms with Gasteiger partial charge in [-0.2, -0.15) is 0 Å². The van der Waals surface area contributed by atoms with Gasteiger partial charge in [-0.3, -0.25) is 4.79 Å². The van der Waals surface area contributed by atoms with Gasteiger partial charge in [-0.15, -0.1) is 36.2 Å². The topological polar surface area (TPSA) is 54.0 Å². The standard InChI is InChI=1S/C23H25N3OS.2ClH/c1-23(18-7-3-2-4-8-18,22(27)25-16-17-11-13-24-14-12-17)15-21-26-19-9-5-6-10-20(19)28-21;;/h2-11,24H,12-16H2,1H3,(H,25,27);2*1H. The number of rotatable bonds is 6. The fraction of sp³-hybridized carbons (Fsp3) is 0.304. The monoisotopic (exact) mass is 463 g/mol. The molecule has 0 saturated heterocycles. The van der Waals surface area contributed by atoms with Crippen LogP contribution >= 0.6 is 36.2 Å². The molecule has 30 heavy (non-hydrogen) atoms. The Labute approximate surface area is 194 Å². The zero-order chi connectivity index (χ0) is 19.4. The van der Waals surface area contributed by atoms with Crippen LogP contribution in [0.4, 0.5) is 0 Å². The van der Waals surface area contributed by atoms with Gasteiger partial charge in [0.25, 0.3) is 0 Å². The summed E-state index contributed by atoms with van der Waals surface area (Å²) in [4.78, 5) is 18.1. The SMILES string of the molecule is CC(Cc1nc2ccccc2s1)(C(=O)NCC1=CCNCC1)c1ccccc1.Cl.Cl. The molecule has 1 atom stereocenters. The third-order valence-electron chi connectivity index (χ3n) is 5.39. The number of nitrogens with one attached hydrogen (secondary N) is 2. The van der Waals surface area contributed by atoms with Crippen LogP contribution in [0.5, 0.6) is 0 Å². The van der Waals surface area contributed by atoms with Crippen molar-refractivity contribution in [2.75, 3.05) is 19.6 Å². The van der Waals surface area contributed by atoms with Crippen molar-refractivity contribution in [1.29, 1.82) is 0 Å². The Bertz CT molecular complexity index is 973. The molecule has 0 saturated carbocycles. The van der Waals surface area contributed by atoms with Crippen LogP contribution < -0.4 is 10.6 Å². The van der Waals surface area contributed by atoms with Crippen LogP contribution in [-0.2, 0) is 16.6 Å². The minimum Gasteiger partial charge on any atom is -0.352 e. The molecule has 0 spiro atoms. The van der Waals surface area contributed by atoms with Gasteiger partial charge in [0.1, 0.15) is 0 Å². The van der Waals surface area contributed by atoms with E-state index in [2.05, 4.69) is 22.8 Å². The largest absolute Gasteiger partial charge is 0.352 e. The Hall–Kier alpha value is -1.92. The molecule has 1 aliphatic heterocycles. The average molecular weight is 464 g/mol. The van der Waals surface area contributed by atoms with E-state index in [4.69, 9.17) is 4.98 Å². The second kappa shape index (κ2) is 10.9. The van der Waals surface area contributed by atoms with Gasteiger partial charge in [0.2, 0.25) is 5.91 Å². The number of amides is 1. The van der Waals surface area contributed by atoms with Gasteiger partial charge < -0.3 is 10.6 Å². The molecule has 3 aromatic rings. The molecule has 4 nitrogen and oxygen atoms in total. The van der Waals surface area contributed by atoms with E-state index in [9.17, 15) is 4.79 Å². The highest BCUT2D eigenvalue weighted by molar-refractivity contribution is 7.18. The van der Waals surface area contributed by atoms with E-state index in [0.29, 0.717) is 13.0 Å². The predicted octanol–water partition coefficient (Wildman–Crippen LogP) is 4.68. The van der Waals surface area contributed by atoms with Crippen molar-refractivity contribution in [2.45, 2.75) is 25.2 Å². The number of nitrogens with zero attached hydrogens (tertiary/aromatic N) is 1. The Kier molecular flexibility index (Phi) is 8.86. The van der Waals surface area contributed by atoms with Crippen LogP contribution in [0.1, 0.15) is 23.9 Å². The van der Waals surface area contributed by atoms with Gasteiger partial charge in [-0.1, -0.05) is 54.1 Å². The molecule has 1 aliphatic rings. The maximum Gasteiger partial charge on any atom is 0.231 e. The van der Waals surface area contributed by atoms with E-state index in [0.717, 1.165) is 40.3 Å². The molecule has 0 aliphatic carbocycles. The lowest BCUT2D eigenvalue weighted by atomic mass is 9.78. The van der Waals surface area contributed by atoms with Crippen molar-refractivity contribution < 1.29 is 4.79 Å². The van der Waals surface area contributed by atoms with Crippen molar-refractivity contribution in [2.24, 2.45) is 0 Å². The summed E-state index contributed by atoms with van der Waals surface area (Å²) in [5, 5.41) is 7.48. The van der Waals surface area contributed by atoms with E-state index >= 15 is 0 Å². The number of aromatic nitrogens is 1. The number of halogens is 2. The Morgan fingerprint density at radius 1 is 1.13 bits per heavy atom. The fourth-order valence-electron chi connectivity index (χ4n) is 3.64. The molecule has 4 rings (SSSR count). The Morgan fingerprint density at radius 2 is 1.87 bits per heavy atom. The first-order chi connectivity index (χ1) is 13.6. The van der Waals surface area contributed by atoms with Gasteiger partial charge >= 0.3 is 0 Å². The van der Waals surface area contributed by atoms with Crippen LogP contribution in [0.15, 0.2) is 66.2 Å². The lowest BCUT2D eigenvalue weighted by molar-refractivity contribution is -0.126. The van der Waals surface area contributed by atoms with Crippen molar-refractivity contribution >= 4 is 52.3 Å². The molecule has 0 radical (unpaired) electrons. The van der Waals surface area contributed by atoms with Crippen LogP contribution in [0.25, 0.3) is 10.2 Å². The fourth-order valence-corrected chi connectivity index (χ4v) is 4.76. The summed E-state index contributed by atoms with van der Waals surface area (Å²) in [7, 11) is 0. The van der Waals surface area contributed by atoms with E-state index in [1.807, 2.05) is 55.5 Å². The number of benzene rings is 2. The number of hydrogen-bond donors (Lipinski definition) is 2. The molecule has 0 fully saturated rings. The lowest BCUT2D eigenvalue weighted by Gasteiger charge is -2.29. The number of carbonyl (C=O) groups is 1. The van der Waals surface area contributed by atoms with Gasteiger partial charge in [0.05, 0.1) is 20.6 Å². The van der Waals surface area contributed by atoms with E-state index in [1.165, 1.54) is 5.57 Å². The highest BCUT2D eigenvalue weighted by atomic mass is 35.5. The first-order valence-electron chi connectivity index (χ1n) is 9.72. The van der Waals surface area contributed by atoms with Crippen LogP contribution in [0, 0.1) is 0 Å². The normalized spacial score (nSPS) is 15.3. The summed E-state index contributed by atoms with van der Waals surface area (Å²) in [6.07, 6.45) is 3.75. The second-order valence-electron chi connectivity index (χ2n) is 7.45. The van der Waals surface area contributed by atoms with E-state index in [-0.39, 0.29) is 30.7 Å². The molecule has 160 valence electrons. The Morgan fingerprint density at radius 3 is 2.57 bits per heavy atom. The summed E-state index contributed by atoms with van der Waals surface area (Å²) in [6, 6.07) is 18.2. The molecule has 2 aromatic carbocycles. The smallest absolute Gasteiger partial charge is 0.231 e. The highest BCUT2D eigenvalue weighted by Gasteiger charge is 2.36. The number of para-hydroxylation sites is 1. The first-order valence-corrected chi connectivity index (χ1v) is 10.5. The number of carbonyl (C=O) groups excluding carboxylic acids is 1. The molecular weight excluding hydrogens is 437 g/mol. The van der Waals surface area contributed by atoms with Crippen molar-refractivity contribution in [3.05, 3.63) is 76.8 Å². The zero-order valence-corrected chi connectivity index (χ0v) is 19.3.